The van der Waals surface area contributed by atoms with Crippen LogP contribution >= 0.6 is 11.6 Å². The van der Waals surface area contributed by atoms with Crippen LogP contribution in [0.2, 0.25) is 5.02 Å². The molecule has 0 fully saturated rings. The lowest BCUT2D eigenvalue weighted by atomic mass is 10.0. The Morgan fingerprint density at radius 2 is 1.38 bits per heavy atom. The molecule has 1 N–H and O–H groups in total. The topological polar surface area (TPSA) is 86.8 Å². The summed E-state index contributed by atoms with van der Waals surface area (Å²) >= 11 is 6.32. The molecule has 0 spiro atoms. The van der Waals surface area contributed by atoms with E-state index in [9.17, 15) is 18.0 Å². The Labute approximate surface area is 271 Å². The molecule has 0 aromatic heterocycles. The van der Waals surface area contributed by atoms with Gasteiger partial charge in [-0.15, -0.1) is 0 Å². The van der Waals surface area contributed by atoms with Gasteiger partial charge in [-0.05, 0) is 93.3 Å². The average Bonchev–Trinajstić information content (AvgIpc) is 2.97. The Kier molecular flexibility index (Phi) is 10.7. The first-order chi connectivity index (χ1) is 21.2. The van der Waals surface area contributed by atoms with Gasteiger partial charge in [0.1, 0.15) is 12.6 Å². The van der Waals surface area contributed by atoms with Crippen molar-refractivity contribution in [1.29, 1.82) is 0 Å². The molecule has 0 bridgehead atoms. The van der Waals surface area contributed by atoms with Crippen molar-refractivity contribution in [3.8, 4) is 0 Å². The molecule has 4 aromatic carbocycles. The fraction of sp³-hybridized carbons (Fsp3) is 0.278. The van der Waals surface area contributed by atoms with Crippen LogP contribution in [0.25, 0.3) is 0 Å². The van der Waals surface area contributed by atoms with Crippen LogP contribution in [0.3, 0.4) is 0 Å². The van der Waals surface area contributed by atoms with Gasteiger partial charge in [0.05, 0.1) is 10.6 Å². The van der Waals surface area contributed by atoms with Crippen LogP contribution in [0.5, 0.6) is 0 Å². The Bertz CT molecular complexity index is 1720. The number of hydrogen-bond acceptors (Lipinski definition) is 4. The highest BCUT2D eigenvalue weighted by Crippen LogP contribution is 2.27. The molecule has 7 nitrogen and oxygen atoms in total. The normalized spacial score (nSPS) is 12.3. The van der Waals surface area contributed by atoms with Gasteiger partial charge in [-0.3, -0.25) is 13.9 Å². The van der Waals surface area contributed by atoms with E-state index in [2.05, 4.69) is 5.32 Å². The van der Waals surface area contributed by atoms with Crippen molar-refractivity contribution in [2.24, 2.45) is 0 Å². The Morgan fingerprint density at radius 1 is 0.800 bits per heavy atom. The summed E-state index contributed by atoms with van der Waals surface area (Å²) < 4.78 is 29.5. The van der Waals surface area contributed by atoms with Crippen LogP contribution in [0, 0.1) is 13.8 Å². The van der Waals surface area contributed by atoms with Gasteiger partial charge in [0.2, 0.25) is 11.8 Å². The van der Waals surface area contributed by atoms with Crippen molar-refractivity contribution in [3.05, 3.63) is 130 Å². The number of aryl methyl sites for hydroxylation is 2. The standard InChI is InChI=1S/C36H40ClN3O4S/c1-26-19-27(2)21-31(20-26)40(45(43,44)32-17-10-7-11-18-32)25-34(41)39(24-29-15-12-16-30(37)22-29)33(35(42)38-36(3,4)5)23-28-13-8-6-9-14-28/h6-22,33H,23-25H2,1-5H3,(H,38,42)/t33-/m1/s1. The second-order valence-electron chi connectivity index (χ2n) is 12.3. The molecule has 0 unspecified atom stereocenters. The fourth-order valence-electron chi connectivity index (χ4n) is 5.18. The van der Waals surface area contributed by atoms with Gasteiger partial charge in [-0.1, -0.05) is 78.3 Å². The number of benzene rings is 4. The SMILES string of the molecule is Cc1cc(C)cc(N(CC(=O)N(Cc2cccc(Cl)c2)[C@H](Cc2ccccc2)C(=O)NC(C)(C)C)S(=O)(=O)c2ccccc2)c1. The Morgan fingerprint density at radius 3 is 1.96 bits per heavy atom. The summed E-state index contributed by atoms with van der Waals surface area (Å²) in [6.07, 6.45) is 0.226. The highest BCUT2D eigenvalue weighted by Gasteiger charge is 2.35. The van der Waals surface area contributed by atoms with Gasteiger partial charge in [-0.2, -0.15) is 0 Å². The second-order valence-corrected chi connectivity index (χ2v) is 14.6. The molecule has 236 valence electrons. The molecule has 0 saturated carbocycles. The summed E-state index contributed by atoms with van der Waals surface area (Å²) in [5.74, 6) is -0.871. The van der Waals surface area contributed by atoms with Crippen molar-refractivity contribution in [2.75, 3.05) is 10.8 Å². The molecule has 0 saturated heterocycles. The first kappa shape index (κ1) is 33.7. The van der Waals surface area contributed by atoms with E-state index in [1.165, 1.54) is 17.0 Å². The number of nitrogens with zero attached hydrogens (tertiary/aromatic N) is 2. The maximum absolute atomic E-state index is 14.6. The number of sulfonamides is 1. The molecule has 1 atom stereocenters. The number of amides is 2. The number of carbonyl (C=O) groups excluding carboxylic acids is 2. The quantitative estimate of drug-likeness (QED) is 0.197. The van der Waals surface area contributed by atoms with Crippen LogP contribution in [0.4, 0.5) is 5.69 Å². The zero-order valence-corrected chi connectivity index (χ0v) is 27.9. The van der Waals surface area contributed by atoms with E-state index in [0.717, 1.165) is 21.0 Å². The largest absolute Gasteiger partial charge is 0.350 e. The predicted molar refractivity (Wildman–Crippen MR) is 181 cm³/mol. The minimum atomic E-state index is -4.17. The molecular weight excluding hydrogens is 606 g/mol. The molecule has 0 aliphatic heterocycles. The van der Waals surface area contributed by atoms with E-state index in [0.29, 0.717) is 16.3 Å². The van der Waals surface area contributed by atoms with Gasteiger partial charge in [0.25, 0.3) is 10.0 Å². The van der Waals surface area contributed by atoms with Crippen LogP contribution in [-0.4, -0.2) is 43.3 Å². The average molecular weight is 646 g/mol. The Hall–Kier alpha value is -4.14. The van der Waals surface area contributed by atoms with Gasteiger partial charge >= 0.3 is 0 Å². The molecular formula is C36H40ClN3O4S. The summed E-state index contributed by atoms with van der Waals surface area (Å²) in [6, 6.07) is 29.1. The smallest absolute Gasteiger partial charge is 0.264 e. The van der Waals surface area contributed by atoms with Gasteiger partial charge in [0.15, 0.2) is 0 Å². The van der Waals surface area contributed by atoms with E-state index in [1.54, 1.807) is 48.5 Å². The minimum absolute atomic E-state index is 0.0422. The van der Waals surface area contributed by atoms with Crippen LogP contribution in [0.1, 0.15) is 43.0 Å². The van der Waals surface area contributed by atoms with Crippen molar-refractivity contribution in [3.63, 3.8) is 0 Å². The van der Waals surface area contributed by atoms with Gasteiger partial charge in [-0.25, -0.2) is 8.42 Å². The lowest BCUT2D eigenvalue weighted by Gasteiger charge is -2.35. The molecule has 0 radical (unpaired) electrons. The lowest BCUT2D eigenvalue weighted by Crippen LogP contribution is -2.56. The molecule has 2 amide bonds. The number of hydrogen-bond donors (Lipinski definition) is 1. The first-order valence-corrected chi connectivity index (χ1v) is 16.6. The maximum atomic E-state index is 14.6. The van der Waals surface area contributed by atoms with Crippen molar-refractivity contribution >= 4 is 39.1 Å². The van der Waals surface area contributed by atoms with Crippen molar-refractivity contribution in [1.82, 2.24) is 10.2 Å². The molecule has 4 rings (SSSR count). The van der Waals surface area contributed by atoms with Crippen LogP contribution < -0.4 is 9.62 Å². The van der Waals surface area contributed by atoms with Crippen molar-refractivity contribution in [2.45, 2.75) is 64.1 Å². The van der Waals surface area contributed by atoms with Gasteiger partial charge in [0, 0.05) is 23.5 Å². The van der Waals surface area contributed by atoms with Crippen LogP contribution in [-0.2, 0) is 32.6 Å². The molecule has 0 heterocycles. The third kappa shape index (κ3) is 9.19. The minimum Gasteiger partial charge on any atom is -0.350 e. The number of halogens is 1. The summed E-state index contributed by atoms with van der Waals surface area (Å²) in [4.78, 5) is 30.1. The predicted octanol–water partition coefficient (Wildman–Crippen LogP) is 6.71. The fourth-order valence-corrected chi connectivity index (χ4v) is 6.81. The number of nitrogens with one attached hydrogen (secondary N) is 1. The van der Waals surface area contributed by atoms with E-state index in [-0.39, 0.29) is 23.8 Å². The lowest BCUT2D eigenvalue weighted by molar-refractivity contribution is -0.140. The zero-order valence-electron chi connectivity index (χ0n) is 26.3. The molecule has 9 heteroatoms. The number of rotatable bonds is 11. The van der Waals surface area contributed by atoms with E-state index in [4.69, 9.17) is 11.6 Å². The highest BCUT2D eigenvalue weighted by molar-refractivity contribution is 7.92. The Balaban J connectivity index is 1.84. The molecule has 0 aliphatic carbocycles. The maximum Gasteiger partial charge on any atom is 0.264 e. The van der Waals surface area contributed by atoms with Crippen molar-refractivity contribution < 1.29 is 18.0 Å². The van der Waals surface area contributed by atoms with Crippen LogP contribution in [0.15, 0.2) is 108 Å². The molecule has 45 heavy (non-hydrogen) atoms. The molecule has 0 aliphatic rings. The van der Waals surface area contributed by atoms with E-state index < -0.39 is 34.1 Å². The monoisotopic (exact) mass is 645 g/mol. The molecule has 4 aromatic rings. The van der Waals surface area contributed by atoms with Gasteiger partial charge < -0.3 is 10.2 Å². The van der Waals surface area contributed by atoms with E-state index >= 15 is 0 Å². The van der Waals surface area contributed by atoms with E-state index in [1.807, 2.05) is 77.1 Å². The third-order valence-corrected chi connectivity index (χ3v) is 9.14. The summed E-state index contributed by atoms with van der Waals surface area (Å²) in [5.41, 5.74) is 3.07. The zero-order chi connectivity index (χ0) is 32.8. The summed E-state index contributed by atoms with van der Waals surface area (Å²) in [5, 5.41) is 3.53. The number of carbonyl (C=O) groups is 2. The summed E-state index contributed by atoms with van der Waals surface area (Å²) in [7, 11) is -4.17. The highest BCUT2D eigenvalue weighted by atomic mass is 35.5. The second kappa shape index (κ2) is 14.3. The third-order valence-electron chi connectivity index (χ3n) is 7.12. The summed E-state index contributed by atoms with van der Waals surface area (Å²) in [6.45, 7) is 8.91. The first-order valence-electron chi connectivity index (χ1n) is 14.8. The number of anilines is 1.